The molecule has 0 aromatic heterocycles. The van der Waals surface area contributed by atoms with E-state index >= 15 is 0 Å². The molecule has 0 radical (unpaired) electrons. The Hall–Kier alpha value is -1.22. The molecule has 1 aliphatic rings. The van der Waals surface area contributed by atoms with Gasteiger partial charge in [0.1, 0.15) is 0 Å². The SMILES string of the molecule is COc1ccc(C(CN=C(N)N2CCCCC2)N(C)C)cc1OC.I. The van der Waals surface area contributed by atoms with Crippen molar-refractivity contribution in [2.45, 2.75) is 25.3 Å². The fourth-order valence-electron chi connectivity index (χ4n) is 3.03. The first kappa shape index (κ1) is 21.8. The molecular formula is C18H31IN4O2. The number of guanidine groups is 1. The molecule has 1 atom stereocenters. The lowest BCUT2D eigenvalue weighted by molar-refractivity contribution is 0.299. The Labute approximate surface area is 168 Å². The topological polar surface area (TPSA) is 63.3 Å². The van der Waals surface area contributed by atoms with Crippen molar-refractivity contribution in [3.05, 3.63) is 23.8 Å². The summed E-state index contributed by atoms with van der Waals surface area (Å²) in [5, 5.41) is 0. The first-order chi connectivity index (χ1) is 11.6. The fraction of sp³-hybridized carbons (Fsp3) is 0.611. The molecule has 2 rings (SSSR count). The fourth-order valence-corrected chi connectivity index (χ4v) is 3.03. The highest BCUT2D eigenvalue weighted by molar-refractivity contribution is 14.0. The van der Waals surface area contributed by atoms with Gasteiger partial charge in [-0.15, -0.1) is 24.0 Å². The molecule has 1 aromatic carbocycles. The molecule has 1 aromatic rings. The minimum absolute atomic E-state index is 0. The van der Waals surface area contributed by atoms with E-state index in [1.807, 2.05) is 26.2 Å². The number of likely N-dealkylation sites (tertiary alicyclic amines) is 1. The third-order valence-electron chi connectivity index (χ3n) is 4.52. The van der Waals surface area contributed by atoms with E-state index in [1.165, 1.54) is 19.3 Å². The number of ether oxygens (including phenoxy) is 2. The van der Waals surface area contributed by atoms with Crippen LogP contribution >= 0.6 is 24.0 Å². The van der Waals surface area contributed by atoms with Gasteiger partial charge in [0.05, 0.1) is 26.8 Å². The van der Waals surface area contributed by atoms with Crippen LogP contribution in [0.3, 0.4) is 0 Å². The number of piperidine rings is 1. The summed E-state index contributed by atoms with van der Waals surface area (Å²) >= 11 is 0. The monoisotopic (exact) mass is 462 g/mol. The van der Waals surface area contributed by atoms with Crippen molar-refractivity contribution in [2.75, 3.05) is 47.9 Å². The highest BCUT2D eigenvalue weighted by atomic mass is 127. The number of hydrogen-bond acceptors (Lipinski definition) is 4. The highest BCUT2D eigenvalue weighted by Crippen LogP contribution is 2.31. The lowest BCUT2D eigenvalue weighted by Crippen LogP contribution is -2.41. The zero-order valence-corrected chi connectivity index (χ0v) is 18.0. The molecule has 0 spiro atoms. The molecule has 1 heterocycles. The molecule has 6 nitrogen and oxygen atoms in total. The first-order valence-corrected chi connectivity index (χ1v) is 8.50. The van der Waals surface area contributed by atoms with Crippen molar-refractivity contribution in [3.63, 3.8) is 0 Å². The maximum atomic E-state index is 6.19. The maximum absolute atomic E-state index is 6.19. The summed E-state index contributed by atoms with van der Waals surface area (Å²) in [7, 11) is 7.39. The van der Waals surface area contributed by atoms with Crippen LogP contribution in [0.2, 0.25) is 0 Å². The average Bonchev–Trinajstić information content (AvgIpc) is 2.61. The van der Waals surface area contributed by atoms with Crippen molar-refractivity contribution < 1.29 is 9.47 Å². The summed E-state index contributed by atoms with van der Waals surface area (Å²) in [4.78, 5) is 8.98. The second-order valence-electron chi connectivity index (χ2n) is 6.34. The Kier molecular flexibility index (Phi) is 9.34. The molecule has 25 heavy (non-hydrogen) atoms. The molecule has 1 saturated heterocycles. The lowest BCUT2D eigenvalue weighted by Gasteiger charge is -2.29. The van der Waals surface area contributed by atoms with Crippen LogP contribution in [0.1, 0.15) is 30.9 Å². The van der Waals surface area contributed by atoms with E-state index < -0.39 is 0 Å². The largest absolute Gasteiger partial charge is 0.493 e. The predicted octanol–water partition coefficient (Wildman–Crippen LogP) is 2.73. The normalized spacial score (nSPS) is 16.4. The number of nitrogens with two attached hydrogens (primary N) is 1. The van der Waals surface area contributed by atoms with Gasteiger partial charge in [0.25, 0.3) is 0 Å². The Morgan fingerprint density at radius 3 is 2.36 bits per heavy atom. The van der Waals surface area contributed by atoms with Crippen LogP contribution in [-0.2, 0) is 0 Å². The molecule has 0 aliphatic carbocycles. The maximum Gasteiger partial charge on any atom is 0.191 e. The molecule has 2 N–H and O–H groups in total. The number of likely N-dealkylation sites (N-methyl/N-ethyl adjacent to an activating group) is 1. The number of halogens is 1. The number of hydrogen-bond donors (Lipinski definition) is 1. The zero-order valence-electron chi connectivity index (χ0n) is 15.7. The summed E-state index contributed by atoms with van der Waals surface area (Å²) in [6.45, 7) is 2.64. The summed E-state index contributed by atoms with van der Waals surface area (Å²) in [6.07, 6.45) is 3.68. The molecular weight excluding hydrogens is 431 g/mol. The smallest absolute Gasteiger partial charge is 0.191 e. The van der Waals surface area contributed by atoms with Gasteiger partial charge >= 0.3 is 0 Å². The number of nitrogens with zero attached hydrogens (tertiary/aromatic N) is 3. The number of benzene rings is 1. The van der Waals surface area contributed by atoms with Gasteiger partial charge < -0.3 is 25.0 Å². The third-order valence-corrected chi connectivity index (χ3v) is 4.52. The molecule has 142 valence electrons. The molecule has 1 aliphatic heterocycles. The highest BCUT2D eigenvalue weighted by Gasteiger charge is 2.18. The zero-order chi connectivity index (χ0) is 17.5. The minimum Gasteiger partial charge on any atom is -0.493 e. The van der Waals surface area contributed by atoms with Gasteiger partial charge in [0.15, 0.2) is 17.5 Å². The van der Waals surface area contributed by atoms with Gasteiger partial charge in [-0.3, -0.25) is 4.99 Å². The number of rotatable bonds is 6. The molecule has 7 heteroatoms. The van der Waals surface area contributed by atoms with E-state index in [9.17, 15) is 0 Å². The van der Waals surface area contributed by atoms with Crippen molar-refractivity contribution in [1.82, 2.24) is 9.80 Å². The Morgan fingerprint density at radius 2 is 1.80 bits per heavy atom. The molecule has 1 fully saturated rings. The lowest BCUT2D eigenvalue weighted by atomic mass is 10.1. The first-order valence-electron chi connectivity index (χ1n) is 8.50. The predicted molar refractivity (Wildman–Crippen MR) is 113 cm³/mol. The van der Waals surface area contributed by atoms with Crippen molar-refractivity contribution in [1.29, 1.82) is 0 Å². The molecule has 0 saturated carbocycles. The summed E-state index contributed by atoms with van der Waals surface area (Å²) < 4.78 is 10.7. The second-order valence-corrected chi connectivity index (χ2v) is 6.34. The second kappa shape index (κ2) is 10.7. The van der Waals surface area contributed by atoms with Crippen molar-refractivity contribution in [3.8, 4) is 11.5 Å². The van der Waals surface area contributed by atoms with E-state index in [0.717, 1.165) is 30.2 Å². The number of methoxy groups -OCH3 is 2. The van der Waals surface area contributed by atoms with Crippen LogP contribution in [0, 0.1) is 0 Å². The summed E-state index contributed by atoms with van der Waals surface area (Å²) in [5.74, 6) is 2.12. The standard InChI is InChI=1S/C18H30N4O2.HI/c1-21(2)15(13-20-18(19)22-10-6-5-7-11-22)14-8-9-16(23-3)17(12-14)24-4;/h8-9,12,15H,5-7,10-11,13H2,1-4H3,(H2,19,20);1H. The van der Waals surface area contributed by atoms with Gasteiger partial charge in [-0.05, 0) is 51.1 Å². The van der Waals surface area contributed by atoms with E-state index in [0.29, 0.717) is 12.5 Å². The van der Waals surface area contributed by atoms with Gasteiger partial charge in [-0.2, -0.15) is 0 Å². The molecule has 0 amide bonds. The molecule has 0 bridgehead atoms. The van der Waals surface area contributed by atoms with Crippen LogP contribution < -0.4 is 15.2 Å². The van der Waals surface area contributed by atoms with Crippen LogP contribution in [0.4, 0.5) is 0 Å². The third kappa shape index (κ3) is 5.91. The Balaban J connectivity index is 0.00000312. The van der Waals surface area contributed by atoms with Gasteiger partial charge in [0, 0.05) is 13.1 Å². The summed E-state index contributed by atoms with van der Waals surface area (Å²) in [6, 6.07) is 6.13. The van der Waals surface area contributed by atoms with Crippen molar-refractivity contribution in [2.24, 2.45) is 10.7 Å². The van der Waals surface area contributed by atoms with Crippen LogP contribution in [-0.4, -0.2) is 63.7 Å². The van der Waals surface area contributed by atoms with Crippen LogP contribution in [0.25, 0.3) is 0 Å². The molecule has 1 unspecified atom stereocenters. The van der Waals surface area contributed by atoms with Crippen LogP contribution in [0.5, 0.6) is 11.5 Å². The van der Waals surface area contributed by atoms with Gasteiger partial charge in [-0.1, -0.05) is 6.07 Å². The van der Waals surface area contributed by atoms with E-state index in [1.54, 1.807) is 14.2 Å². The average molecular weight is 462 g/mol. The number of aliphatic imine (C=N–C) groups is 1. The van der Waals surface area contributed by atoms with Crippen LogP contribution in [0.15, 0.2) is 23.2 Å². The van der Waals surface area contributed by atoms with Gasteiger partial charge in [-0.25, -0.2) is 0 Å². The quantitative estimate of drug-likeness (QED) is 0.400. The Bertz CT molecular complexity index is 560. The van der Waals surface area contributed by atoms with Gasteiger partial charge in [0.2, 0.25) is 0 Å². The summed E-state index contributed by atoms with van der Waals surface area (Å²) in [5.41, 5.74) is 7.32. The minimum atomic E-state index is 0. The van der Waals surface area contributed by atoms with E-state index in [2.05, 4.69) is 20.9 Å². The Morgan fingerprint density at radius 1 is 1.16 bits per heavy atom. The van der Waals surface area contributed by atoms with E-state index in [-0.39, 0.29) is 30.0 Å². The van der Waals surface area contributed by atoms with E-state index in [4.69, 9.17) is 15.2 Å². The van der Waals surface area contributed by atoms with Crippen molar-refractivity contribution >= 4 is 29.9 Å².